The van der Waals surface area contributed by atoms with Crippen LogP contribution in [0.1, 0.15) is 22.8 Å². The average molecular weight is 192 g/mol. The molecule has 0 saturated carbocycles. The van der Waals surface area contributed by atoms with Crippen molar-refractivity contribution in [3.8, 4) is 5.75 Å². The van der Waals surface area contributed by atoms with Crippen molar-refractivity contribution in [2.45, 2.75) is 6.92 Å². The van der Waals surface area contributed by atoms with Gasteiger partial charge in [0, 0.05) is 0 Å². The monoisotopic (exact) mass is 192 g/mol. The highest BCUT2D eigenvalue weighted by molar-refractivity contribution is 5.91. The quantitative estimate of drug-likeness (QED) is 0.800. The van der Waals surface area contributed by atoms with Crippen molar-refractivity contribution in [3.63, 3.8) is 0 Å². The SMILES string of the molecule is C/C=C\c1ccc(OC)c(C(=O)O)c1. The molecule has 1 aromatic rings. The van der Waals surface area contributed by atoms with Crippen molar-refractivity contribution < 1.29 is 14.6 Å². The Labute approximate surface area is 82.6 Å². The first kappa shape index (κ1) is 10.3. The molecule has 0 spiro atoms. The van der Waals surface area contributed by atoms with Gasteiger partial charge in [0.2, 0.25) is 0 Å². The van der Waals surface area contributed by atoms with Crippen LogP contribution in [0, 0.1) is 0 Å². The number of allylic oxidation sites excluding steroid dienone is 1. The van der Waals surface area contributed by atoms with E-state index < -0.39 is 5.97 Å². The maximum absolute atomic E-state index is 10.8. The molecule has 74 valence electrons. The lowest BCUT2D eigenvalue weighted by atomic mass is 10.1. The summed E-state index contributed by atoms with van der Waals surface area (Å²) in [4.78, 5) is 10.8. The van der Waals surface area contributed by atoms with Gasteiger partial charge in [-0.05, 0) is 24.6 Å². The van der Waals surface area contributed by atoms with Gasteiger partial charge in [0.25, 0.3) is 0 Å². The molecule has 14 heavy (non-hydrogen) atoms. The fraction of sp³-hybridized carbons (Fsp3) is 0.182. The molecule has 0 amide bonds. The molecule has 1 rings (SSSR count). The molecule has 0 aliphatic carbocycles. The van der Waals surface area contributed by atoms with Crippen molar-refractivity contribution >= 4 is 12.0 Å². The smallest absolute Gasteiger partial charge is 0.339 e. The third kappa shape index (κ3) is 2.13. The molecule has 0 bridgehead atoms. The zero-order valence-corrected chi connectivity index (χ0v) is 8.15. The minimum atomic E-state index is -0.979. The number of ether oxygens (including phenoxy) is 1. The highest BCUT2D eigenvalue weighted by atomic mass is 16.5. The summed E-state index contributed by atoms with van der Waals surface area (Å²) in [5, 5.41) is 8.89. The minimum absolute atomic E-state index is 0.183. The Balaban J connectivity index is 3.20. The van der Waals surface area contributed by atoms with Crippen molar-refractivity contribution in [1.82, 2.24) is 0 Å². The summed E-state index contributed by atoms with van der Waals surface area (Å²) in [6, 6.07) is 5.05. The molecular formula is C11H12O3. The lowest BCUT2D eigenvalue weighted by molar-refractivity contribution is 0.0693. The summed E-state index contributed by atoms with van der Waals surface area (Å²) < 4.78 is 4.93. The number of carboxylic acids is 1. The van der Waals surface area contributed by atoms with Crippen LogP contribution in [0.15, 0.2) is 24.3 Å². The lowest BCUT2D eigenvalue weighted by Gasteiger charge is -2.05. The van der Waals surface area contributed by atoms with E-state index in [9.17, 15) is 4.79 Å². The van der Waals surface area contributed by atoms with Gasteiger partial charge in [-0.15, -0.1) is 0 Å². The van der Waals surface area contributed by atoms with E-state index in [1.54, 1.807) is 12.1 Å². The molecule has 1 N–H and O–H groups in total. The molecule has 0 heterocycles. The van der Waals surface area contributed by atoms with Crippen LogP contribution in [0.4, 0.5) is 0 Å². The largest absolute Gasteiger partial charge is 0.496 e. The number of hydrogen-bond donors (Lipinski definition) is 1. The molecule has 0 fully saturated rings. The highest BCUT2D eigenvalue weighted by Crippen LogP contribution is 2.20. The Kier molecular flexibility index (Phi) is 3.29. The van der Waals surface area contributed by atoms with Crippen molar-refractivity contribution in [2.24, 2.45) is 0 Å². The Hall–Kier alpha value is -1.77. The van der Waals surface area contributed by atoms with E-state index in [0.29, 0.717) is 5.75 Å². The molecule has 1 aromatic carbocycles. The normalized spacial score (nSPS) is 10.4. The van der Waals surface area contributed by atoms with Crippen LogP contribution >= 0.6 is 0 Å². The molecule has 0 saturated heterocycles. The van der Waals surface area contributed by atoms with E-state index in [1.807, 2.05) is 25.1 Å². The number of benzene rings is 1. The van der Waals surface area contributed by atoms with Crippen LogP contribution in [0.5, 0.6) is 5.75 Å². The van der Waals surface area contributed by atoms with Gasteiger partial charge in [-0.2, -0.15) is 0 Å². The first-order valence-electron chi connectivity index (χ1n) is 4.23. The van der Waals surface area contributed by atoms with Gasteiger partial charge in [-0.3, -0.25) is 0 Å². The van der Waals surface area contributed by atoms with E-state index in [0.717, 1.165) is 5.56 Å². The average Bonchev–Trinajstić information content (AvgIpc) is 2.18. The van der Waals surface area contributed by atoms with Crippen LogP contribution < -0.4 is 4.74 Å². The molecule has 0 aliphatic rings. The molecule has 3 nitrogen and oxygen atoms in total. The topological polar surface area (TPSA) is 46.5 Å². The van der Waals surface area contributed by atoms with E-state index in [-0.39, 0.29) is 5.56 Å². The van der Waals surface area contributed by atoms with Gasteiger partial charge >= 0.3 is 5.97 Å². The number of rotatable bonds is 3. The minimum Gasteiger partial charge on any atom is -0.496 e. The summed E-state index contributed by atoms with van der Waals surface area (Å²) in [5.41, 5.74) is 1.04. The van der Waals surface area contributed by atoms with Gasteiger partial charge in [-0.25, -0.2) is 4.79 Å². The maximum Gasteiger partial charge on any atom is 0.339 e. The van der Waals surface area contributed by atoms with E-state index in [2.05, 4.69) is 0 Å². The van der Waals surface area contributed by atoms with Crippen LogP contribution in [-0.2, 0) is 0 Å². The number of carbonyl (C=O) groups is 1. The number of carboxylic acid groups (broad SMARTS) is 1. The molecule has 0 unspecified atom stereocenters. The van der Waals surface area contributed by atoms with E-state index in [1.165, 1.54) is 7.11 Å². The Morgan fingerprint density at radius 3 is 2.71 bits per heavy atom. The lowest BCUT2D eigenvalue weighted by Crippen LogP contribution is -2.00. The number of hydrogen-bond acceptors (Lipinski definition) is 2. The van der Waals surface area contributed by atoms with Gasteiger partial charge in [0.05, 0.1) is 7.11 Å². The van der Waals surface area contributed by atoms with E-state index >= 15 is 0 Å². The second kappa shape index (κ2) is 4.46. The highest BCUT2D eigenvalue weighted by Gasteiger charge is 2.10. The summed E-state index contributed by atoms with van der Waals surface area (Å²) in [7, 11) is 1.46. The third-order valence-corrected chi connectivity index (χ3v) is 1.81. The zero-order chi connectivity index (χ0) is 10.6. The van der Waals surface area contributed by atoms with Gasteiger partial charge < -0.3 is 9.84 Å². The summed E-state index contributed by atoms with van der Waals surface area (Å²) >= 11 is 0. The fourth-order valence-corrected chi connectivity index (χ4v) is 1.19. The summed E-state index contributed by atoms with van der Waals surface area (Å²) in [5.74, 6) is -0.598. The van der Waals surface area contributed by atoms with Crippen molar-refractivity contribution in [1.29, 1.82) is 0 Å². The fourth-order valence-electron chi connectivity index (χ4n) is 1.19. The second-order valence-corrected chi connectivity index (χ2v) is 2.76. The van der Waals surface area contributed by atoms with Crippen molar-refractivity contribution in [2.75, 3.05) is 7.11 Å². The predicted octanol–water partition coefficient (Wildman–Crippen LogP) is 2.43. The van der Waals surface area contributed by atoms with Crippen LogP contribution in [-0.4, -0.2) is 18.2 Å². The van der Waals surface area contributed by atoms with Gasteiger partial charge in [0.1, 0.15) is 11.3 Å². The first-order chi connectivity index (χ1) is 6.69. The van der Waals surface area contributed by atoms with Crippen molar-refractivity contribution in [3.05, 3.63) is 35.4 Å². The van der Waals surface area contributed by atoms with Crippen LogP contribution in [0.2, 0.25) is 0 Å². The number of methoxy groups -OCH3 is 1. The molecule has 3 heteroatoms. The number of aromatic carboxylic acids is 1. The molecule has 0 aromatic heterocycles. The second-order valence-electron chi connectivity index (χ2n) is 2.76. The molecule has 0 radical (unpaired) electrons. The molecule has 0 aliphatic heterocycles. The van der Waals surface area contributed by atoms with E-state index in [4.69, 9.17) is 9.84 Å². The molecular weight excluding hydrogens is 180 g/mol. The maximum atomic E-state index is 10.8. The Morgan fingerprint density at radius 2 is 2.21 bits per heavy atom. The Morgan fingerprint density at radius 1 is 1.50 bits per heavy atom. The van der Waals surface area contributed by atoms with Crippen LogP contribution in [0.25, 0.3) is 6.08 Å². The predicted molar refractivity (Wildman–Crippen MR) is 54.7 cm³/mol. The third-order valence-electron chi connectivity index (χ3n) is 1.81. The first-order valence-corrected chi connectivity index (χ1v) is 4.23. The Bertz CT molecular complexity index is 367. The zero-order valence-electron chi connectivity index (χ0n) is 8.15. The van der Waals surface area contributed by atoms with Gasteiger partial charge in [-0.1, -0.05) is 18.2 Å². The molecule has 0 atom stereocenters. The van der Waals surface area contributed by atoms with Crippen LogP contribution in [0.3, 0.4) is 0 Å². The summed E-state index contributed by atoms with van der Waals surface area (Å²) in [6.07, 6.45) is 3.69. The van der Waals surface area contributed by atoms with Gasteiger partial charge in [0.15, 0.2) is 0 Å². The standard InChI is InChI=1S/C11H12O3/c1-3-4-8-5-6-10(14-2)9(7-8)11(12)13/h3-7H,1-2H3,(H,12,13)/b4-3-. The summed E-state index contributed by atoms with van der Waals surface area (Å²) in [6.45, 7) is 1.88.